The number of hydrogen-bond donors (Lipinski definition) is 0. The zero-order valence-electron chi connectivity index (χ0n) is 10.7. The van der Waals surface area contributed by atoms with Crippen LogP contribution in [-0.2, 0) is 0 Å². The lowest BCUT2D eigenvalue weighted by Gasteiger charge is -2.55. The second-order valence-corrected chi connectivity index (χ2v) is 7.12. The van der Waals surface area contributed by atoms with E-state index in [-0.39, 0.29) is 22.7 Å². The van der Waals surface area contributed by atoms with Crippen LogP contribution >= 0.6 is 27.5 Å². The normalized spacial score (nSPS) is 29.0. The van der Waals surface area contributed by atoms with E-state index in [0.717, 1.165) is 23.7 Å². The molecule has 1 aromatic carbocycles. The van der Waals surface area contributed by atoms with Crippen LogP contribution in [0.25, 0.3) is 0 Å². The predicted octanol–water partition coefficient (Wildman–Crippen LogP) is 5.30. The number of rotatable bonds is 2. The van der Waals surface area contributed by atoms with Crippen molar-refractivity contribution in [2.45, 2.75) is 50.0 Å². The average Bonchev–Trinajstić information content (AvgIpc) is 2.43. The van der Waals surface area contributed by atoms with E-state index in [1.807, 2.05) is 0 Å². The molecule has 2 atom stereocenters. The van der Waals surface area contributed by atoms with Gasteiger partial charge in [0, 0.05) is 21.7 Å². The quantitative estimate of drug-likeness (QED) is 0.660. The van der Waals surface area contributed by atoms with E-state index in [1.54, 1.807) is 12.1 Å². The molecular formula is C15H17BrClFO. The molecule has 1 nitrogen and oxygen atoms in total. The van der Waals surface area contributed by atoms with Gasteiger partial charge in [0.1, 0.15) is 6.10 Å². The largest absolute Gasteiger partial charge is 0.487 e. The molecule has 0 radical (unpaired) electrons. The van der Waals surface area contributed by atoms with Crippen LogP contribution in [0.5, 0.6) is 5.75 Å². The first-order valence-electron chi connectivity index (χ1n) is 6.87. The van der Waals surface area contributed by atoms with E-state index >= 15 is 0 Å². The molecule has 2 aliphatic rings. The van der Waals surface area contributed by atoms with E-state index < -0.39 is 0 Å². The summed E-state index contributed by atoms with van der Waals surface area (Å²) < 4.78 is 20.5. The molecule has 2 aliphatic carbocycles. The molecule has 0 amide bonds. The Morgan fingerprint density at radius 1 is 1.26 bits per heavy atom. The van der Waals surface area contributed by atoms with Gasteiger partial charge in [-0.3, -0.25) is 0 Å². The van der Waals surface area contributed by atoms with E-state index in [1.165, 1.54) is 25.3 Å². The highest BCUT2D eigenvalue weighted by atomic mass is 79.9. The zero-order valence-corrected chi connectivity index (χ0v) is 13.0. The summed E-state index contributed by atoms with van der Waals surface area (Å²) in [5, 5.41) is 0.188. The van der Waals surface area contributed by atoms with Crippen LogP contribution in [0.1, 0.15) is 38.5 Å². The van der Waals surface area contributed by atoms with E-state index in [2.05, 4.69) is 15.9 Å². The van der Waals surface area contributed by atoms with Crippen molar-refractivity contribution < 1.29 is 9.13 Å². The summed E-state index contributed by atoms with van der Waals surface area (Å²) in [7, 11) is 0. The second-order valence-electron chi connectivity index (χ2n) is 5.68. The number of hydrogen-bond acceptors (Lipinski definition) is 1. The Kier molecular flexibility index (Phi) is 3.78. The molecule has 0 heterocycles. The maximum atomic E-state index is 13.8. The van der Waals surface area contributed by atoms with Crippen molar-refractivity contribution in [2.24, 2.45) is 5.41 Å². The molecule has 2 fully saturated rings. The molecular weight excluding hydrogens is 331 g/mol. The molecule has 0 bridgehead atoms. The molecule has 1 aromatic rings. The van der Waals surface area contributed by atoms with Crippen LogP contribution in [0, 0.1) is 11.2 Å². The summed E-state index contributed by atoms with van der Waals surface area (Å²) in [4.78, 5) is 0. The Labute approximate surface area is 126 Å². The fourth-order valence-electron chi connectivity index (χ4n) is 3.43. The molecule has 2 unspecified atom stereocenters. The van der Waals surface area contributed by atoms with E-state index in [9.17, 15) is 4.39 Å². The molecule has 1 spiro atoms. The van der Waals surface area contributed by atoms with Crippen LogP contribution in [0.15, 0.2) is 22.7 Å². The van der Waals surface area contributed by atoms with Crippen molar-refractivity contribution in [2.75, 3.05) is 0 Å². The van der Waals surface area contributed by atoms with Gasteiger partial charge in [0.2, 0.25) is 0 Å². The maximum Gasteiger partial charge on any atom is 0.165 e. The van der Waals surface area contributed by atoms with Gasteiger partial charge in [-0.1, -0.05) is 35.2 Å². The summed E-state index contributed by atoms with van der Waals surface area (Å²) in [5.74, 6) is 0.0417. The minimum atomic E-state index is -0.299. The van der Waals surface area contributed by atoms with Crippen molar-refractivity contribution in [1.82, 2.24) is 0 Å². The summed E-state index contributed by atoms with van der Waals surface area (Å²) in [6.45, 7) is 0. The Morgan fingerprint density at radius 3 is 2.68 bits per heavy atom. The molecule has 0 saturated heterocycles. The van der Waals surface area contributed by atoms with Crippen molar-refractivity contribution in [3.05, 3.63) is 28.5 Å². The van der Waals surface area contributed by atoms with Crippen molar-refractivity contribution >= 4 is 27.5 Å². The average molecular weight is 348 g/mol. The first-order chi connectivity index (χ1) is 9.12. The third-order valence-electron chi connectivity index (χ3n) is 4.63. The molecule has 0 aromatic heterocycles. The van der Waals surface area contributed by atoms with Crippen LogP contribution < -0.4 is 4.74 Å². The Morgan fingerprint density at radius 2 is 2.00 bits per heavy atom. The molecule has 19 heavy (non-hydrogen) atoms. The SMILES string of the molecule is Fc1ccc(Br)cc1OC1CC(Cl)C12CCCCC2. The molecule has 0 N–H and O–H groups in total. The van der Waals surface area contributed by atoms with Gasteiger partial charge in [-0.15, -0.1) is 11.6 Å². The fourth-order valence-corrected chi connectivity index (χ4v) is 4.29. The maximum absolute atomic E-state index is 13.8. The lowest BCUT2D eigenvalue weighted by atomic mass is 9.58. The predicted molar refractivity (Wildman–Crippen MR) is 78.3 cm³/mol. The number of alkyl halides is 1. The topological polar surface area (TPSA) is 9.23 Å². The highest BCUT2D eigenvalue weighted by Gasteiger charge is 2.56. The van der Waals surface area contributed by atoms with Crippen molar-refractivity contribution in [3.63, 3.8) is 0 Å². The first-order valence-corrected chi connectivity index (χ1v) is 8.10. The minimum Gasteiger partial charge on any atom is -0.487 e. The number of halogens is 3. The van der Waals surface area contributed by atoms with Crippen molar-refractivity contribution in [3.8, 4) is 5.75 Å². The summed E-state index contributed by atoms with van der Waals surface area (Å²) in [6.07, 6.45) is 6.83. The third kappa shape index (κ3) is 2.40. The summed E-state index contributed by atoms with van der Waals surface area (Å²) >= 11 is 9.79. The lowest BCUT2D eigenvalue weighted by Crippen LogP contribution is -2.58. The highest BCUT2D eigenvalue weighted by Crippen LogP contribution is 2.55. The van der Waals surface area contributed by atoms with Gasteiger partial charge in [0.05, 0.1) is 0 Å². The van der Waals surface area contributed by atoms with Gasteiger partial charge in [0.15, 0.2) is 11.6 Å². The lowest BCUT2D eigenvalue weighted by molar-refractivity contribution is -0.0666. The van der Waals surface area contributed by atoms with Gasteiger partial charge in [-0.05, 0) is 31.0 Å². The number of ether oxygens (including phenoxy) is 1. The second kappa shape index (κ2) is 5.25. The molecule has 3 rings (SSSR count). The van der Waals surface area contributed by atoms with Gasteiger partial charge in [-0.25, -0.2) is 4.39 Å². The molecule has 4 heteroatoms. The minimum absolute atomic E-state index is 0.0686. The smallest absolute Gasteiger partial charge is 0.165 e. The Balaban J connectivity index is 1.78. The van der Waals surface area contributed by atoms with Crippen LogP contribution in [0.4, 0.5) is 4.39 Å². The number of benzene rings is 1. The van der Waals surface area contributed by atoms with Gasteiger partial charge >= 0.3 is 0 Å². The monoisotopic (exact) mass is 346 g/mol. The Hall–Kier alpha value is -0.280. The highest BCUT2D eigenvalue weighted by molar-refractivity contribution is 9.10. The fraction of sp³-hybridized carbons (Fsp3) is 0.600. The summed E-state index contributed by atoms with van der Waals surface area (Å²) in [5.41, 5.74) is 0.0779. The van der Waals surface area contributed by atoms with Crippen LogP contribution in [-0.4, -0.2) is 11.5 Å². The van der Waals surface area contributed by atoms with E-state index in [0.29, 0.717) is 5.75 Å². The van der Waals surface area contributed by atoms with Crippen LogP contribution in [0.2, 0.25) is 0 Å². The summed E-state index contributed by atoms with van der Waals surface area (Å²) in [6, 6.07) is 4.82. The third-order valence-corrected chi connectivity index (χ3v) is 5.74. The van der Waals surface area contributed by atoms with Gasteiger partial charge < -0.3 is 4.74 Å². The Bertz CT molecular complexity index is 473. The standard InChI is InChI=1S/C15H17BrClFO/c16-10-4-5-11(18)12(8-10)19-14-9-13(17)15(14)6-2-1-3-7-15/h4-5,8,13-14H,1-3,6-7,9H2. The molecule has 104 valence electrons. The van der Waals surface area contributed by atoms with Crippen molar-refractivity contribution in [1.29, 1.82) is 0 Å². The van der Waals surface area contributed by atoms with Gasteiger partial charge in [0.25, 0.3) is 0 Å². The zero-order chi connectivity index (χ0) is 13.5. The van der Waals surface area contributed by atoms with E-state index in [4.69, 9.17) is 16.3 Å². The molecule has 0 aliphatic heterocycles. The first kappa shape index (κ1) is 13.7. The van der Waals surface area contributed by atoms with Gasteiger partial charge in [-0.2, -0.15) is 0 Å². The van der Waals surface area contributed by atoms with Crippen LogP contribution in [0.3, 0.4) is 0 Å². The molecule has 2 saturated carbocycles.